The molecule has 6 nitrogen and oxygen atoms in total. The first-order valence-electron chi connectivity index (χ1n) is 14.2. The first-order valence-corrected chi connectivity index (χ1v) is 15.1. The van der Waals surface area contributed by atoms with Crippen molar-refractivity contribution in [2.45, 2.75) is 50.4 Å². The van der Waals surface area contributed by atoms with Crippen molar-refractivity contribution in [2.75, 3.05) is 12.9 Å². The topological polar surface area (TPSA) is 77.0 Å². The van der Waals surface area contributed by atoms with Crippen molar-refractivity contribution in [3.8, 4) is 16.9 Å². The first-order chi connectivity index (χ1) is 20.4. The van der Waals surface area contributed by atoms with Crippen molar-refractivity contribution in [2.24, 2.45) is 5.92 Å². The zero-order valence-corrected chi connectivity index (χ0v) is 25.0. The van der Waals surface area contributed by atoms with Crippen LogP contribution in [0.4, 0.5) is 0 Å². The zero-order chi connectivity index (χ0) is 29.5. The van der Waals surface area contributed by atoms with Gasteiger partial charge < -0.3 is 24.6 Å². The van der Waals surface area contributed by atoms with E-state index in [0.717, 1.165) is 49.8 Å². The summed E-state index contributed by atoms with van der Waals surface area (Å²) in [6.45, 7) is 4.20. The number of amides is 1. The lowest BCUT2D eigenvalue weighted by atomic mass is 9.91. The van der Waals surface area contributed by atoms with E-state index in [1.807, 2.05) is 54.6 Å². The molecule has 5 rings (SSSR count). The van der Waals surface area contributed by atoms with Gasteiger partial charge in [0.05, 0.1) is 25.9 Å². The van der Waals surface area contributed by atoms with Gasteiger partial charge in [-0.2, -0.15) is 0 Å². The van der Waals surface area contributed by atoms with Crippen LogP contribution in [-0.4, -0.2) is 30.0 Å². The van der Waals surface area contributed by atoms with Gasteiger partial charge >= 0.3 is 0 Å². The average molecular weight is 584 g/mol. The fourth-order valence-electron chi connectivity index (χ4n) is 5.14. The summed E-state index contributed by atoms with van der Waals surface area (Å²) in [5.41, 5.74) is 6.08. The maximum Gasteiger partial charge on any atom is 0.217 e. The van der Waals surface area contributed by atoms with Gasteiger partial charge in [-0.05, 0) is 46.0 Å². The summed E-state index contributed by atoms with van der Waals surface area (Å²) in [6, 6.07) is 32.5. The number of benzene rings is 4. The van der Waals surface area contributed by atoms with E-state index >= 15 is 0 Å². The monoisotopic (exact) mass is 583 g/mol. The third-order valence-electron chi connectivity index (χ3n) is 7.58. The molecule has 0 aromatic heterocycles. The molecule has 42 heavy (non-hydrogen) atoms. The smallest absolute Gasteiger partial charge is 0.217 e. The summed E-state index contributed by atoms with van der Waals surface area (Å²) in [6.07, 6.45) is -0.789. The van der Waals surface area contributed by atoms with Crippen LogP contribution in [0, 0.1) is 5.92 Å². The minimum absolute atomic E-state index is 0.00770. The Bertz CT molecular complexity index is 1470. The molecule has 0 spiro atoms. The van der Waals surface area contributed by atoms with Crippen molar-refractivity contribution in [3.63, 3.8) is 0 Å². The number of carbonyl (C=O) groups excluding carboxylic acids is 1. The van der Waals surface area contributed by atoms with E-state index in [2.05, 4.69) is 54.7 Å². The third kappa shape index (κ3) is 7.23. The number of rotatable bonds is 10. The van der Waals surface area contributed by atoms with E-state index in [0.29, 0.717) is 6.54 Å². The van der Waals surface area contributed by atoms with Gasteiger partial charge in [-0.3, -0.25) is 4.79 Å². The van der Waals surface area contributed by atoms with Gasteiger partial charge in [-0.15, -0.1) is 11.8 Å². The number of aliphatic hydroxyl groups is 1. The molecule has 1 aliphatic rings. The quantitative estimate of drug-likeness (QED) is 0.195. The Morgan fingerprint density at radius 3 is 2.33 bits per heavy atom. The van der Waals surface area contributed by atoms with Gasteiger partial charge in [-0.1, -0.05) is 85.8 Å². The van der Waals surface area contributed by atoms with Crippen LogP contribution in [0.5, 0.6) is 5.75 Å². The van der Waals surface area contributed by atoms with Crippen molar-refractivity contribution in [1.29, 1.82) is 0 Å². The van der Waals surface area contributed by atoms with Crippen LogP contribution < -0.4 is 10.1 Å². The van der Waals surface area contributed by atoms with Gasteiger partial charge in [-0.25, -0.2) is 0 Å². The second-order valence-corrected chi connectivity index (χ2v) is 11.6. The molecule has 4 aromatic carbocycles. The number of hydrogen-bond donors (Lipinski definition) is 2. The third-order valence-corrected chi connectivity index (χ3v) is 8.72. The van der Waals surface area contributed by atoms with Gasteiger partial charge in [0.2, 0.25) is 5.91 Å². The van der Waals surface area contributed by atoms with Crippen LogP contribution in [-0.2, 0) is 27.4 Å². The lowest BCUT2D eigenvalue weighted by molar-refractivity contribution is -0.268. The summed E-state index contributed by atoms with van der Waals surface area (Å²) in [5, 5.41) is 12.4. The molecule has 1 fully saturated rings. The predicted molar refractivity (Wildman–Crippen MR) is 166 cm³/mol. The van der Waals surface area contributed by atoms with Gasteiger partial charge in [0.1, 0.15) is 5.75 Å². The van der Waals surface area contributed by atoms with E-state index < -0.39 is 6.29 Å². The molecule has 7 heteroatoms. The van der Waals surface area contributed by atoms with E-state index in [1.54, 1.807) is 18.9 Å². The summed E-state index contributed by atoms with van der Waals surface area (Å²) in [5.74, 6) is 1.64. The Morgan fingerprint density at radius 1 is 0.881 bits per heavy atom. The lowest BCUT2D eigenvalue weighted by Crippen LogP contribution is -2.38. The lowest BCUT2D eigenvalue weighted by Gasteiger charge is -2.41. The molecule has 218 valence electrons. The van der Waals surface area contributed by atoms with E-state index in [1.165, 1.54) is 6.92 Å². The molecule has 0 radical (unpaired) electrons. The second-order valence-electron chi connectivity index (χ2n) is 10.5. The number of thioether (sulfide) groups is 1. The molecule has 4 atom stereocenters. The maximum atomic E-state index is 11.3. The highest BCUT2D eigenvalue weighted by molar-refractivity contribution is 7.99. The number of methoxy groups -OCH3 is 1. The number of nitrogens with one attached hydrogen (secondary N) is 1. The largest absolute Gasteiger partial charge is 0.496 e. The van der Waals surface area contributed by atoms with Crippen LogP contribution >= 0.6 is 11.8 Å². The van der Waals surface area contributed by atoms with Crippen LogP contribution in [0.1, 0.15) is 48.5 Å². The van der Waals surface area contributed by atoms with Gasteiger partial charge in [0.15, 0.2) is 6.29 Å². The summed E-state index contributed by atoms with van der Waals surface area (Å²) in [7, 11) is 1.69. The van der Waals surface area contributed by atoms with Crippen molar-refractivity contribution < 1.29 is 24.1 Å². The Morgan fingerprint density at radius 2 is 1.62 bits per heavy atom. The molecule has 0 bridgehead atoms. The molecule has 1 aliphatic heterocycles. The molecule has 1 heterocycles. The average Bonchev–Trinajstić information content (AvgIpc) is 3.03. The fraction of sp³-hybridized carbons (Fsp3) is 0.286. The number of aliphatic hydroxyl groups excluding tert-OH is 1. The molecule has 1 amide bonds. The number of carbonyl (C=O) groups is 1. The Balaban J connectivity index is 1.38. The summed E-state index contributed by atoms with van der Waals surface area (Å²) >= 11 is 1.72. The van der Waals surface area contributed by atoms with Crippen molar-refractivity contribution in [1.82, 2.24) is 5.32 Å². The molecule has 0 unspecified atom stereocenters. The van der Waals surface area contributed by atoms with Gasteiger partial charge in [0, 0.05) is 35.6 Å². The summed E-state index contributed by atoms with van der Waals surface area (Å²) in [4.78, 5) is 12.4. The number of hydrogen-bond acceptors (Lipinski definition) is 6. The highest BCUT2D eigenvalue weighted by Crippen LogP contribution is 2.44. The molecule has 0 aliphatic carbocycles. The standard InChI is InChI=1S/C35H37NO5S/c1-23-32(22-42-33-10-5-4-9-31(33)39-3)40-35(41-34(23)28-13-11-25(21-37)12-14-28)29-17-15-27(16-18-29)30-8-6-7-26(19-30)20-36-24(2)38/h4-19,23,32,34-35,37H,20-22H2,1-3H3,(H,36,38)/t23-,32+,34+,35+/m0/s1. The molecule has 0 saturated carbocycles. The number of ether oxygens (including phenoxy) is 3. The Hall–Kier alpha value is -3.62. The SMILES string of the molecule is COc1ccccc1SC[C@H]1O[C@@H](c2ccc(-c3cccc(CNC(C)=O)c3)cc2)O[C@@H](c2ccc(CO)cc2)[C@H]1C. The van der Waals surface area contributed by atoms with E-state index in [9.17, 15) is 9.90 Å². The normalized spacial score (nSPS) is 20.2. The van der Waals surface area contributed by atoms with Crippen molar-refractivity contribution >= 4 is 17.7 Å². The van der Waals surface area contributed by atoms with Crippen molar-refractivity contribution in [3.05, 3.63) is 119 Å². The van der Waals surface area contributed by atoms with E-state index in [-0.39, 0.29) is 30.6 Å². The van der Waals surface area contributed by atoms with Crippen LogP contribution in [0.25, 0.3) is 11.1 Å². The Labute approximate surface area is 252 Å². The second kappa shape index (κ2) is 14.0. The Kier molecular flexibility index (Phi) is 9.97. The van der Waals surface area contributed by atoms with Crippen LogP contribution in [0.3, 0.4) is 0 Å². The predicted octanol–water partition coefficient (Wildman–Crippen LogP) is 7.07. The van der Waals surface area contributed by atoms with E-state index in [4.69, 9.17) is 14.2 Å². The fourth-order valence-corrected chi connectivity index (χ4v) is 6.33. The molecular weight excluding hydrogens is 546 g/mol. The molecular formula is C35H37NO5S. The highest BCUT2D eigenvalue weighted by Gasteiger charge is 2.38. The molecule has 4 aromatic rings. The minimum Gasteiger partial charge on any atom is -0.496 e. The van der Waals surface area contributed by atoms with Crippen LogP contribution in [0.15, 0.2) is 102 Å². The minimum atomic E-state index is -0.535. The number of para-hydroxylation sites is 1. The summed E-state index contributed by atoms with van der Waals surface area (Å²) < 4.78 is 18.8. The molecule has 1 saturated heterocycles. The maximum absolute atomic E-state index is 11.3. The molecule has 2 N–H and O–H groups in total. The van der Waals surface area contributed by atoms with Crippen LogP contribution in [0.2, 0.25) is 0 Å². The first kappa shape index (κ1) is 29.9. The highest BCUT2D eigenvalue weighted by atomic mass is 32.2. The van der Waals surface area contributed by atoms with Gasteiger partial charge in [0.25, 0.3) is 0 Å². The zero-order valence-electron chi connectivity index (χ0n) is 24.2.